The zero-order valence-electron chi connectivity index (χ0n) is 14.2. The number of nitrogens with zero attached hydrogens (tertiary/aromatic N) is 1. The van der Waals surface area contributed by atoms with Gasteiger partial charge in [-0.3, -0.25) is 14.9 Å². The van der Waals surface area contributed by atoms with Crippen LogP contribution < -0.4 is 10.6 Å². The molecule has 0 saturated carbocycles. The molecule has 138 valence electrons. The molecule has 1 atom stereocenters. The molecular weight excluding hydrogens is 344 g/mol. The largest absolute Gasteiger partial charge is 0.379 e. The lowest BCUT2D eigenvalue weighted by Gasteiger charge is -2.15. The first-order valence-electron chi connectivity index (χ1n) is 8.10. The van der Waals surface area contributed by atoms with Gasteiger partial charge in [0.25, 0.3) is 5.69 Å². The van der Waals surface area contributed by atoms with Crippen molar-refractivity contribution in [1.82, 2.24) is 5.32 Å². The number of nitro benzene ring substituents is 1. The van der Waals surface area contributed by atoms with Gasteiger partial charge in [-0.2, -0.15) is 0 Å². The van der Waals surface area contributed by atoms with E-state index in [0.29, 0.717) is 24.2 Å². The first kappa shape index (κ1) is 19.3. The highest BCUT2D eigenvalue weighted by Gasteiger charge is 2.13. The van der Waals surface area contributed by atoms with Gasteiger partial charge in [0.15, 0.2) is 11.6 Å². The smallest absolute Gasteiger partial charge is 0.292 e. The van der Waals surface area contributed by atoms with E-state index in [9.17, 15) is 23.7 Å². The number of nitrogens with one attached hydrogen (secondary N) is 2. The number of nitro groups is 1. The molecule has 0 fully saturated rings. The molecule has 1 amide bonds. The minimum Gasteiger partial charge on any atom is -0.379 e. The highest BCUT2D eigenvalue weighted by molar-refractivity contribution is 5.76. The molecular formula is C18H19F2N3O3. The van der Waals surface area contributed by atoms with Gasteiger partial charge in [0.05, 0.1) is 11.0 Å². The van der Waals surface area contributed by atoms with Crippen LogP contribution in [-0.2, 0) is 4.79 Å². The Hall–Kier alpha value is -3.03. The lowest BCUT2D eigenvalue weighted by atomic mass is 10.1. The number of para-hydroxylation sites is 2. The maximum Gasteiger partial charge on any atom is 0.292 e. The van der Waals surface area contributed by atoms with Crippen molar-refractivity contribution in [2.45, 2.75) is 25.8 Å². The maximum atomic E-state index is 13.2. The Bertz CT molecular complexity index is 799. The summed E-state index contributed by atoms with van der Waals surface area (Å²) >= 11 is 0. The van der Waals surface area contributed by atoms with Crippen LogP contribution >= 0.6 is 0 Å². The Morgan fingerprint density at radius 2 is 1.92 bits per heavy atom. The Kier molecular flexibility index (Phi) is 6.60. The van der Waals surface area contributed by atoms with E-state index in [4.69, 9.17) is 0 Å². The Balaban J connectivity index is 1.78. The summed E-state index contributed by atoms with van der Waals surface area (Å²) in [6.45, 7) is 2.06. The Morgan fingerprint density at radius 1 is 1.19 bits per heavy atom. The first-order valence-corrected chi connectivity index (χ1v) is 8.10. The molecule has 0 aliphatic carbocycles. The second kappa shape index (κ2) is 8.89. The fraction of sp³-hybridized carbons (Fsp3) is 0.278. The van der Waals surface area contributed by atoms with Crippen molar-refractivity contribution in [2.24, 2.45) is 0 Å². The molecule has 0 bridgehead atoms. The molecule has 2 aromatic carbocycles. The number of anilines is 1. The molecule has 1 unspecified atom stereocenters. The van der Waals surface area contributed by atoms with Crippen molar-refractivity contribution in [2.75, 3.05) is 11.9 Å². The summed E-state index contributed by atoms with van der Waals surface area (Å²) < 4.78 is 26.2. The van der Waals surface area contributed by atoms with E-state index in [1.54, 1.807) is 25.1 Å². The van der Waals surface area contributed by atoms with E-state index < -0.39 is 22.6 Å². The van der Waals surface area contributed by atoms with Crippen LogP contribution in [0.15, 0.2) is 42.5 Å². The fourth-order valence-electron chi connectivity index (χ4n) is 2.43. The minimum absolute atomic E-state index is 0.0242. The molecule has 2 N–H and O–H groups in total. The van der Waals surface area contributed by atoms with E-state index in [1.807, 2.05) is 0 Å². The summed E-state index contributed by atoms with van der Waals surface area (Å²) in [6, 6.07) is 9.30. The summed E-state index contributed by atoms with van der Waals surface area (Å²) in [5, 5.41) is 16.6. The summed E-state index contributed by atoms with van der Waals surface area (Å²) in [4.78, 5) is 22.4. The summed E-state index contributed by atoms with van der Waals surface area (Å²) in [7, 11) is 0. The van der Waals surface area contributed by atoms with Gasteiger partial charge in [-0.1, -0.05) is 18.2 Å². The third-order valence-corrected chi connectivity index (χ3v) is 3.82. The molecule has 0 spiro atoms. The van der Waals surface area contributed by atoms with Crippen LogP contribution in [0.5, 0.6) is 0 Å². The van der Waals surface area contributed by atoms with E-state index in [2.05, 4.69) is 10.6 Å². The van der Waals surface area contributed by atoms with Crippen molar-refractivity contribution in [1.29, 1.82) is 0 Å². The van der Waals surface area contributed by atoms with E-state index in [1.165, 1.54) is 12.1 Å². The van der Waals surface area contributed by atoms with Gasteiger partial charge in [-0.25, -0.2) is 8.78 Å². The molecule has 0 aliphatic rings. The number of rotatable bonds is 8. The third-order valence-electron chi connectivity index (χ3n) is 3.82. The van der Waals surface area contributed by atoms with Crippen molar-refractivity contribution < 1.29 is 18.5 Å². The SMILES string of the molecule is CC(NC(=O)CCCNc1ccccc1[N+](=O)[O-])c1ccc(F)c(F)c1. The van der Waals surface area contributed by atoms with Crippen molar-refractivity contribution in [3.63, 3.8) is 0 Å². The fourth-order valence-corrected chi connectivity index (χ4v) is 2.43. The highest BCUT2D eigenvalue weighted by atomic mass is 19.2. The van der Waals surface area contributed by atoms with Gasteiger partial charge in [-0.05, 0) is 37.1 Å². The average Bonchev–Trinajstić information content (AvgIpc) is 2.61. The minimum atomic E-state index is -0.961. The van der Waals surface area contributed by atoms with E-state index in [0.717, 1.165) is 12.1 Å². The van der Waals surface area contributed by atoms with Gasteiger partial charge in [0.2, 0.25) is 5.91 Å². The molecule has 0 saturated heterocycles. The third kappa shape index (κ3) is 5.23. The summed E-state index contributed by atoms with van der Waals surface area (Å²) in [5.74, 6) is -2.14. The molecule has 2 aromatic rings. The number of halogens is 2. The highest BCUT2D eigenvalue weighted by Crippen LogP contribution is 2.23. The Morgan fingerprint density at radius 3 is 2.62 bits per heavy atom. The van der Waals surface area contributed by atoms with Gasteiger partial charge in [-0.15, -0.1) is 0 Å². The summed E-state index contributed by atoms with van der Waals surface area (Å²) in [5.41, 5.74) is 0.840. The lowest BCUT2D eigenvalue weighted by Crippen LogP contribution is -2.27. The normalized spacial score (nSPS) is 11.7. The van der Waals surface area contributed by atoms with Crippen molar-refractivity contribution in [3.8, 4) is 0 Å². The molecule has 6 nitrogen and oxygen atoms in total. The van der Waals surface area contributed by atoms with Crippen molar-refractivity contribution in [3.05, 3.63) is 69.8 Å². The topological polar surface area (TPSA) is 84.3 Å². The number of amides is 1. The average molecular weight is 363 g/mol. The molecule has 2 rings (SSSR count). The number of carbonyl (C=O) groups is 1. The monoisotopic (exact) mass is 363 g/mol. The van der Waals surface area contributed by atoms with Gasteiger partial charge in [0, 0.05) is 19.0 Å². The second-order valence-electron chi connectivity index (χ2n) is 5.77. The maximum absolute atomic E-state index is 13.2. The van der Waals surface area contributed by atoms with Crippen LogP contribution in [-0.4, -0.2) is 17.4 Å². The van der Waals surface area contributed by atoms with E-state index >= 15 is 0 Å². The lowest BCUT2D eigenvalue weighted by molar-refractivity contribution is -0.384. The molecule has 8 heteroatoms. The van der Waals surface area contributed by atoms with Crippen LogP contribution in [0.4, 0.5) is 20.2 Å². The van der Waals surface area contributed by atoms with Crippen LogP contribution in [0.2, 0.25) is 0 Å². The number of carbonyl (C=O) groups excluding carboxylic acids is 1. The van der Waals surface area contributed by atoms with Gasteiger partial charge in [0.1, 0.15) is 5.69 Å². The molecule has 0 aromatic heterocycles. The van der Waals surface area contributed by atoms with Crippen LogP contribution in [0.1, 0.15) is 31.4 Å². The molecule has 26 heavy (non-hydrogen) atoms. The standard InChI is InChI=1S/C18H19F2N3O3/c1-12(13-8-9-14(19)15(20)11-13)22-18(24)7-4-10-21-16-5-2-3-6-17(16)23(25)26/h2-3,5-6,8-9,11-12,21H,4,7,10H2,1H3,(H,22,24). The molecule has 0 aliphatic heterocycles. The van der Waals surface area contributed by atoms with Gasteiger partial charge >= 0.3 is 0 Å². The Labute approximate surface area is 149 Å². The van der Waals surface area contributed by atoms with Crippen molar-refractivity contribution >= 4 is 17.3 Å². The van der Waals surface area contributed by atoms with Crippen LogP contribution in [0.25, 0.3) is 0 Å². The number of benzene rings is 2. The van der Waals surface area contributed by atoms with Gasteiger partial charge < -0.3 is 10.6 Å². The number of hydrogen-bond donors (Lipinski definition) is 2. The zero-order chi connectivity index (χ0) is 19.1. The van der Waals surface area contributed by atoms with Crippen LogP contribution in [0.3, 0.4) is 0 Å². The molecule has 0 radical (unpaired) electrons. The first-order chi connectivity index (χ1) is 12.4. The summed E-state index contributed by atoms with van der Waals surface area (Å²) in [6.07, 6.45) is 0.657. The quantitative estimate of drug-likeness (QED) is 0.423. The predicted octanol–water partition coefficient (Wildman–Crippen LogP) is 3.94. The number of hydrogen-bond acceptors (Lipinski definition) is 4. The van der Waals surface area contributed by atoms with E-state index in [-0.39, 0.29) is 18.0 Å². The second-order valence-corrected chi connectivity index (χ2v) is 5.77. The molecule has 0 heterocycles. The van der Waals surface area contributed by atoms with Crippen LogP contribution in [0, 0.1) is 21.7 Å². The predicted molar refractivity (Wildman–Crippen MR) is 93.7 cm³/mol. The zero-order valence-corrected chi connectivity index (χ0v) is 14.2.